The van der Waals surface area contributed by atoms with Gasteiger partial charge in [0.15, 0.2) is 0 Å². The quantitative estimate of drug-likeness (QED) is 0.504. The van der Waals surface area contributed by atoms with Crippen molar-refractivity contribution in [1.82, 2.24) is 0 Å². The molecule has 0 atom stereocenters. The normalized spacial score (nSPS) is 0. The summed E-state index contributed by atoms with van der Waals surface area (Å²) >= 11 is 0. The molecule has 0 aromatic heterocycles. The van der Waals surface area contributed by atoms with Gasteiger partial charge in [-0.1, -0.05) is 0 Å². The van der Waals surface area contributed by atoms with Crippen LogP contribution in [0.5, 0.6) is 0 Å². The van der Waals surface area contributed by atoms with Gasteiger partial charge in [0.2, 0.25) is 0 Å². The van der Waals surface area contributed by atoms with Crippen LogP contribution in [0.4, 0.5) is 0 Å². The summed E-state index contributed by atoms with van der Waals surface area (Å²) in [5, 5.41) is 0. The topological polar surface area (TPSA) is 0 Å². The number of hydrogen-bond acceptors (Lipinski definition) is 0. The van der Waals surface area contributed by atoms with Gasteiger partial charge in [0.05, 0.1) is 0 Å². The van der Waals surface area contributed by atoms with Crippen molar-refractivity contribution < 1.29 is 33.3 Å². The first kappa shape index (κ1) is 67.9. The second-order valence-electron chi connectivity index (χ2n) is 0. The third kappa shape index (κ3) is 29.1. The molecule has 0 nitrogen and oxygen atoms in total. The Labute approximate surface area is 95.6 Å². The van der Waals surface area contributed by atoms with Gasteiger partial charge < -0.3 is 40.5 Å². The third-order valence-electron chi connectivity index (χ3n) is 0. The van der Waals surface area contributed by atoms with Crippen molar-refractivity contribution in [2.45, 2.75) is 0 Å². The molecule has 0 aliphatic rings. The Balaban J connectivity index is 0. The molecule has 0 N–H and O–H groups in total. The molecule has 6 heavy (non-hydrogen) atoms. The first-order chi connectivity index (χ1) is 0. The molecule has 0 aliphatic heterocycles. The molecule has 39 valence electrons. The maximum atomic E-state index is 0. The second kappa shape index (κ2) is 45.8. The number of rotatable bonds is 0. The summed E-state index contributed by atoms with van der Waals surface area (Å²) in [5.41, 5.74) is 0. The maximum Gasteiger partial charge on any atom is 2.00 e. The minimum Gasteiger partial charge on any atom is -2.00 e. The monoisotopic (exact) mass is 237 g/mol. The molecule has 0 aromatic rings. The van der Waals surface area contributed by atoms with Crippen LogP contribution < -0.4 is 0 Å². The minimum atomic E-state index is 0. The molecule has 6 heteroatoms. The van der Waals surface area contributed by atoms with E-state index in [-0.39, 0.29) is 96.8 Å². The van der Waals surface area contributed by atoms with Gasteiger partial charge in [-0.3, -0.25) is 0 Å². The zero-order chi connectivity index (χ0) is 0. The predicted molar refractivity (Wildman–Crippen MR) is 27.8 cm³/mol. The van der Waals surface area contributed by atoms with Crippen molar-refractivity contribution in [2.75, 3.05) is 0 Å². The van der Waals surface area contributed by atoms with Crippen LogP contribution in [0.2, 0.25) is 0 Å². The van der Waals surface area contributed by atoms with E-state index in [1.165, 1.54) is 0 Å². The fourth-order valence-electron chi connectivity index (χ4n) is 0. The van der Waals surface area contributed by atoms with Crippen molar-refractivity contribution in [3.63, 3.8) is 0 Å². The largest absolute Gasteiger partial charge is 2.00 e. The van der Waals surface area contributed by atoms with Crippen molar-refractivity contribution in [1.29, 1.82) is 0 Å². The summed E-state index contributed by atoms with van der Waals surface area (Å²) < 4.78 is 0. The molecule has 0 aliphatic carbocycles. The number of hydrogen-bond donors (Lipinski definition) is 0. The molecule has 0 rings (SSSR count). The van der Waals surface area contributed by atoms with Crippen LogP contribution in [-0.4, -0.2) is 23.1 Å². The summed E-state index contributed by atoms with van der Waals surface area (Å²) in [6, 6.07) is 0. The van der Waals surface area contributed by atoms with Crippen LogP contribution in [-0.2, 0) is 73.8 Å². The van der Waals surface area contributed by atoms with E-state index in [1.54, 1.807) is 0 Å². The molecule has 0 spiro atoms. The van der Waals surface area contributed by atoms with E-state index < -0.39 is 0 Å². The second-order valence-corrected chi connectivity index (χ2v) is 0. The summed E-state index contributed by atoms with van der Waals surface area (Å²) in [7, 11) is 0. The summed E-state index contributed by atoms with van der Waals surface area (Å²) in [6.07, 6.45) is 0. The standard InChI is InChI=1S/Co.Mg.Ni.3S/q3*+2;3*-2. The van der Waals surface area contributed by atoms with Crippen LogP contribution >= 0.6 is 0 Å². The van der Waals surface area contributed by atoms with E-state index in [1.807, 2.05) is 0 Å². The Morgan fingerprint density at radius 3 is 0.667 bits per heavy atom. The average Bonchev–Trinajstić information content (AvgIpc) is 0. The SMILES string of the molecule is [Co+2].[Mg+2].[Ni+2].[S-2].[S-2].[S-2]. The first-order valence-electron chi connectivity index (χ1n) is 0. The van der Waals surface area contributed by atoms with Gasteiger partial charge in [0, 0.05) is 0 Å². The van der Waals surface area contributed by atoms with E-state index >= 15 is 0 Å². The Hall–Kier alpha value is 2.82. The van der Waals surface area contributed by atoms with E-state index in [4.69, 9.17) is 0 Å². The molecule has 1 radical (unpaired) electrons. The van der Waals surface area contributed by atoms with Crippen LogP contribution in [0, 0.1) is 0 Å². The molecule has 0 saturated carbocycles. The van der Waals surface area contributed by atoms with Crippen LogP contribution in [0.1, 0.15) is 0 Å². The first-order valence-corrected chi connectivity index (χ1v) is 0. The molecular formula is CoMgNiS3. The van der Waals surface area contributed by atoms with E-state index in [2.05, 4.69) is 0 Å². The molecule has 0 amide bonds. The smallest absolute Gasteiger partial charge is 2.00 e. The van der Waals surface area contributed by atoms with E-state index in [9.17, 15) is 0 Å². The summed E-state index contributed by atoms with van der Waals surface area (Å²) in [5.74, 6) is 0. The molecule has 0 unspecified atom stereocenters. The van der Waals surface area contributed by atoms with Crippen LogP contribution in [0.3, 0.4) is 0 Å². The Bertz CT molecular complexity index is 10.8. The van der Waals surface area contributed by atoms with Gasteiger partial charge in [-0.2, -0.15) is 0 Å². The molecule has 0 aromatic carbocycles. The van der Waals surface area contributed by atoms with Crippen molar-refractivity contribution in [2.24, 2.45) is 0 Å². The summed E-state index contributed by atoms with van der Waals surface area (Å²) in [4.78, 5) is 0. The van der Waals surface area contributed by atoms with Crippen LogP contribution in [0.25, 0.3) is 0 Å². The molecule has 0 fully saturated rings. The van der Waals surface area contributed by atoms with Gasteiger partial charge >= 0.3 is 56.3 Å². The summed E-state index contributed by atoms with van der Waals surface area (Å²) in [6.45, 7) is 0. The average molecular weight is 238 g/mol. The van der Waals surface area contributed by atoms with Gasteiger partial charge in [-0.25, -0.2) is 0 Å². The molecule has 0 heterocycles. The molecule has 0 bridgehead atoms. The minimum absolute atomic E-state index is 0. The van der Waals surface area contributed by atoms with Gasteiger partial charge in [0.25, 0.3) is 0 Å². The predicted octanol–water partition coefficient (Wildman–Crippen LogP) is -0.393. The van der Waals surface area contributed by atoms with E-state index in [0.717, 1.165) is 0 Å². The molecule has 0 saturated heterocycles. The van der Waals surface area contributed by atoms with Crippen molar-refractivity contribution in [3.8, 4) is 0 Å². The zero-order valence-corrected chi connectivity index (χ0v) is 8.47. The fraction of sp³-hybridized carbons (Fsp3) is 0. The van der Waals surface area contributed by atoms with E-state index in [0.29, 0.717) is 0 Å². The third-order valence-corrected chi connectivity index (χ3v) is 0. The van der Waals surface area contributed by atoms with Crippen molar-refractivity contribution in [3.05, 3.63) is 0 Å². The van der Waals surface area contributed by atoms with Gasteiger partial charge in [-0.15, -0.1) is 0 Å². The Morgan fingerprint density at radius 1 is 0.667 bits per heavy atom. The van der Waals surface area contributed by atoms with Gasteiger partial charge in [-0.05, 0) is 0 Å². The maximum absolute atomic E-state index is 0. The van der Waals surface area contributed by atoms with Crippen LogP contribution in [0.15, 0.2) is 0 Å². The Morgan fingerprint density at radius 2 is 0.667 bits per heavy atom. The van der Waals surface area contributed by atoms with Gasteiger partial charge in [0.1, 0.15) is 0 Å². The van der Waals surface area contributed by atoms with Crippen molar-refractivity contribution >= 4 is 63.5 Å². The Kier molecular flexibility index (Phi) is 518. The fourth-order valence-corrected chi connectivity index (χ4v) is 0. The molecular weight excluding hydrogens is 238 g/mol. The zero-order valence-electron chi connectivity index (χ0n) is 2.58.